The summed E-state index contributed by atoms with van der Waals surface area (Å²) in [5.41, 5.74) is 0. The number of hydrogen-bond donors (Lipinski definition) is 3. The molecular weight excluding hydrogens is 182 g/mol. The summed E-state index contributed by atoms with van der Waals surface area (Å²) in [7, 11) is 0. The summed E-state index contributed by atoms with van der Waals surface area (Å²) < 4.78 is 0. The van der Waals surface area contributed by atoms with Gasteiger partial charge in [-0.3, -0.25) is 10.1 Å². The Kier molecular flexibility index (Phi) is 7.42. The molecule has 0 amide bonds. The van der Waals surface area contributed by atoms with Crippen molar-refractivity contribution in [2.24, 2.45) is 5.92 Å². The summed E-state index contributed by atoms with van der Waals surface area (Å²) in [5, 5.41) is 20.8. The molecule has 3 N–H and O–H groups in total. The van der Waals surface area contributed by atoms with E-state index >= 15 is 0 Å². The van der Waals surface area contributed by atoms with Crippen molar-refractivity contribution in [2.45, 2.75) is 45.8 Å². The first-order valence-corrected chi connectivity index (χ1v) is 5.19. The van der Waals surface area contributed by atoms with Crippen molar-refractivity contribution in [3.05, 3.63) is 0 Å². The molecule has 0 aromatic carbocycles. The Labute approximate surface area is 85.3 Å². The van der Waals surface area contributed by atoms with E-state index in [0.717, 1.165) is 13.0 Å². The lowest BCUT2D eigenvalue weighted by atomic mass is 10.1. The summed E-state index contributed by atoms with van der Waals surface area (Å²) >= 11 is 0. The van der Waals surface area contributed by atoms with Gasteiger partial charge in [-0.1, -0.05) is 20.3 Å². The number of rotatable bonds is 8. The van der Waals surface area contributed by atoms with Crippen LogP contribution in [0.5, 0.6) is 0 Å². The van der Waals surface area contributed by atoms with Crippen LogP contribution >= 0.6 is 0 Å². The second-order valence-corrected chi connectivity index (χ2v) is 3.72. The standard InChI is InChI=1S/C10H21NO3/c1-3-8(2)7-11-9(12)5-4-6-10(13)14/h8-9,11-12H,3-7H2,1-2H3,(H,13,14). The van der Waals surface area contributed by atoms with Crippen molar-refractivity contribution in [3.63, 3.8) is 0 Å². The zero-order chi connectivity index (χ0) is 11.0. The van der Waals surface area contributed by atoms with E-state index in [2.05, 4.69) is 19.2 Å². The van der Waals surface area contributed by atoms with Crippen LogP contribution < -0.4 is 5.32 Å². The van der Waals surface area contributed by atoms with Gasteiger partial charge in [-0.25, -0.2) is 0 Å². The van der Waals surface area contributed by atoms with Gasteiger partial charge < -0.3 is 10.2 Å². The topological polar surface area (TPSA) is 69.6 Å². The molecule has 0 aliphatic heterocycles. The molecule has 0 aromatic heterocycles. The van der Waals surface area contributed by atoms with Gasteiger partial charge >= 0.3 is 5.97 Å². The molecule has 14 heavy (non-hydrogen) atoms. The molecule has 0 fully saturated rings. The highest BCUT2D eigenvalue weighted by Crippen LogP contribution is 2.01. The highest BCUT2D eigenvalue weighted by molar-refractivity contribution is 5.66. The lowest BCUT2D eigenvalue weighted by Gasteiger charge is -2.15. The molecule has 0 rings (SSSR count). The lowest BCUT2D eigenvalue weighted by Crippen LogP contribution is -2.32. The van der Waals surface area contributed by atoms with E-state index in [9.17, 15) is 9.90 Å². The van der Waals surface area contributed by atoms with Crippen LogP contribution in [0, 0.1) is 5.92 Å². The molecule has 4 nitrogen and oxygen atoms in total. The molecule has 0 heterocycles. The van der Waals surface area contributed by atoms with E-state index in [1.807, 2.05) is 0 Å². The third-order valence-corrected chi connectivity index (χ3v) is 2.27. The SMILES string of the molecule is CCC(C)CNC(O)CCCC(=O)O. The Morgan fingerprint density at radius 1 is 1.50 bits per heavy atom. The van der Waals surface area contributed by atoms with Gasteiger partial charge in [0, 0.05) is 13.0 Å². The normalized spacial score (nSPS) is 15.1. The van der Waals surface area contributed by atoms with Gasteiger partial charge in [0.05, 0.1) is 0 Å². The van der Waals surface area contributed by atoms with Gasteiger partial charge in [-0.2, -0.15) is 0 Å². The van der Waals surface area contributed by atoms with E-state index in [4.69, 9.17) is 5.11 Å². The fourth-order valence-corrected chi connectivity index (χ4v) is 1.03. The zero-order valence-electron chi connectivity index (χ0n) is 8.99. The largest absolute Gasteiger partial charge is 0.481 e. The highest BCUT2D eigenvalue weighted by atomic mass is 16.4. The van der Waals surface area contributed by atoms with Gasteiger partial charge in [0.2, 0.25) is 0 Å². The van der Waals surface area contributed by atoms with Gasteiger partial charge in [0.25, 0.3) is 0 Å². The number of carbonyl (C=O) groups is 1. The molecule has 84 valence electrons. The minimum absolute atomic E-state index is 0.127. The molecule has 0 radical (unpaired) electrons. The van der Waals surface area contributed by atoms with Crippen molar-refractivity contribution in [1.29, 1.82) is 0 Å². The van der Waals surface area contributed by atoms with E-state index in [0.29, 0.717) is 18.8 Å². The smallest absolute Gasteiger partial charge is 0.303 e. The molecule has 0 saturated heterocycles. The first-order valence-electron chi connectivity index (χ1n) is 5.19. The number of nitrogens with one attached hydrogen (secondary N) is 1. The maximum atomic E-state index is 10.2. The second kappa shape index (κ2) is 7.76. The fourth-order valence-electron chi connectivity index (χ4n) is 1.03. The van der Waals surface area contributed by atoms with Crippen LogP contribution in [-0.4, -0.2) is 29.0 Å². The number of hydrogen-bond acceptors (Lipinski definition) is 3. The molecule has 2 atom stereocenters. The average molecular weight is 203 g/mol. The summed E-state index contributed by atoms with van der Waals surface area (Å²) in [6, 6.07) is 0. The van der Waals surface area contributed by atoms with Crippen molar-refractivity contribution >= 4 is 5.97 Å². The van der Waals surface area contributed by atoms with E-state index < -0.39 is 12.2 Å². The Balaban J connectivity index is 3.36. The summed E-state index contributed by atoms with van der Waals surface area (Å²) in [6.45, 7) is 4.99. The van der Waals surface area contributed by atoms with Crippen molar-refractivity contribution in [3.8, 4) is 0 Å². The zero-order valence-corrected chi connectivity index (χ0v) is 8.99. The van der Waals surface area contributed by atoms with Crippen LogP contribution in [-0.2, 0) is 4.79 Å². The van der Waals surface area contributed by atoms with E-state index in [1.54, 1.807) is 0 Å². The predicted molar refractivity (Wildman–Crippen MR) is 55.0 cm³/mol. The summed E-state index contributed by atoms with van der Waals surface area (Å²) in [5.74, 6) is -0.261. The minimum atomic E-state index is -0.806. The van der Waals surface area contributed by atoms with E-state index in [1.165, 1.54) is 0 Å². The number of carboxylic acid groups (broad SMARTS) is 1. The Bertz CT molecular complexity index is 161. The number of aliphatic carboxylic acids is 1. The number of aliphatic hydroxyl groups is 1. The monoisotopic (exact) mass is 203 g/mol. The van der Waals surface area contributed by atoms with Gasteiger partial charge in [-0.15, -0.1) is 0 Å². The Morgan fingerprint density at radius 2 is 2.14 bits per heavy atom. The molecule has 0 aromatic rings. The molecule has 0 saturated carbocycles. The van der Waals surface area contributed by atoms with Crippen LogP contribution in [0.25, 0.3) is 0 Å². The van der Waals surface area contributed by atoms with Gasteiger partial charge in [0.15, 0.2) is 0 Å². The highest BCUT2D eigenvalue weighted by Gasteiger charge is 2.06. The Morgan fingerprint density at radius 3 is 2.64 bits per heavy atom. The molecule has 0 bridgehead atoms. The first-order chi connectivity index (χ1) is 6.56. The van der Waals surface area contributed by atoms with Crippen LogP contribution in [0.4, 0.5) is 0 Å². The van der Waals surface area contributed by atoms with Crippen molar-refractivity contribution in [1.82, 2.24) is 5.32 Å². The van der Waals surface area contributed by atoms with Crippen LogP contribution in [0.3, 0.4) is 0 Å². The summed E-state index contributed by atoms with van der Waals surface area (Å²) in [6.07, 6.45) is 1.66. The third-order valence-electron chi connectivity index (χ3n) is 2.27. The second-order valence-electron chi connectivity index (χ2n) is 3.72. The Hall–Kier alpha value is -0.610. The van der Waals surface area contributed by atoms with Crippen LogP contribution in [0.1, 0.15) is 39.5 Å². The molecule has 0 spiro atoms. The summed E-state index contributed by atoms with van der Waals surface area (Å²) in [4.78, 5) is 10.2. The first kappa shape index (κ1) is 13.4. The molecule has 2 unspecified atom stereocenters. The maximum Gasteiger partial charge on any atom is 0.303 e. The van der Waals surface area contributed by atoms with Gasteiger partial charge in [-0.05, 0) is 18.8 Å². The molecule has 0 aliphatic rings. The van der Waals surface area contributed by atoms with Crippen LogP contribution in [0.2, 0.25) is 0 Å². The third kappa shape index (κ3) is 8.01. The van der Waals surface area contributed by atoms with Crippen LogP contribution in [0.15, 0.2) is 0 Å². The van der Waals surface area contributed by atoms with Crippen molar-refractivity contribution < 1.29 is 15.0 Å². The maximum absolute atomic E-state index is 10.2. The minimum Gasteiger partial charge on any atom is -0.481 e. The van der Waals surface area contributed by atoms with Gasteiger partial charge in [0.1, 0.15) is 6.23 Å². The average Bonchev–Trinajstić information content (AvgIpc) is 2.13. The molecule has 0 aliphatic carbocycles. The molecule has 4 heteroatoms. The lowest BCUT2D eigenvalue weighted by molar-refractivity contribution is -0.137. The fraction of sp³-hybridized carbons (Fsp3) is 0.900. The van der Waals surface area contributed by atoms with E-state index in [-0.39, 0.29) is 6.42 Å². The number of aliphatic hydroxyl groups excluding tert-OH is 1. The molecular formula is C10H21NO3. The quantitative estimate of drug-likeness (QED) is 0.518. The van der Waals surface area contributed by atoms with Crippen molar-refractivity contribution in [2.75, 3.05) is 6.54 Å². The number of carboxylic acids is 1. The predicted octanol–water partition coefficient (Wildman–Crippen LogP) is 1.20.